The minimum Gasteiger partial charge on any atom is -0.505 e. The van der Waals surface area contributed by atoms with E-state index in [4.69, 9.17) is 4.74 Å². The molecule has 3 N–H and O–H groups in total. The van der Waals surface area contributed by atoms with Gasteiger partial charge in [0.05, 0.1) is 31.2 Å². The number of allylic oxidation sites excluding steroid dienone is 1. The summed E-state index contributed by atoms with van der Waals surface area (Å²) in [4.78, 5) is 28.5. The van der Waals surface area contributed by atoms with Crippen molar-refractivity contribution in [3.8, 4) is 5.75 Å². The van der Waals surface area contributed by atoms with E-state index in [-0.39, 0.29) is 31.1 Å². The molecule has 37 heavy (non-hydrogen) atoms. The number of benzene rings is 1. The maximum atomic E-state index is 13.7. The average Bonchev–Trinajstić information content (AvgIpc) is 3.14. The molecule has 4 rings (SSSR count). The molecule has 7 nitrogen and oxygen atoms in total. The molecule has 202 valence electrons. The highest BCUT2D eigenvalue weighted by molar-refractivity contribution is 6.06. The third kappa shape index (κ3) is 5.66. The second kappa shape index (κ2) is 11.9. The molecule has 1 aromatic carbocycles. The number of nitrogens with zero attached hydrogens (tertiary/aromatic N) is 1. The molecule has 1 saturated heterocycles. The highest BCUT2D eigenvalue weighted by Crippen LogP contribution is 2.47. The van der Waals surface area contributed by atoms with Gasteiger partial charge in [0.2, 0.25) is 11.8 Å². The fourth-order valence-corrected chi connectivity index (χ4v) is 6.48. The summed E-state index contributed by atoms with van der Waals surface area (Å²) in [5, 5.41) is 31.1. The Bertz CT molecular complexity index is 1080. The molecule has 2 aliphatic carbocycles. The fourth-order valence-electron chi connectivity index (χ4n) is 6.48. The number of methoxy groups -OCH3 is 1. The molecule has 8 heteroatoms. The molecule has 1 aromatic rings. The highest BCUT2D eigenvalue weighted by Gasteiger charge is 2.56. The van der Waals surface area contributed by atoms with E-state index in [1.807, 2.05) is 6.92 Å². The summed E-state index contributed by atoms with van der Waals surface area (Å²) in [6.07, 6.45) is 6.82. The van der Waals surface area contributed by atoms with Gasteiger partial charge in [-0.25, -0.2) is 4.39 Å². The van der Waals surface area contributed by atoms with Crippen molar-refractivity contribution in [2.24, 2.45) is 17.8 Å². The summed E-state index contributed by atoms with van der Waals surface area (Å²) >= 11 is 0. The molecule has 0 radical (unpaired) electrons. The lowest BCUT2D eigenvalue weighted by molar-refractivity contribution is -0.143. The van der Waals surface area contributed by atoms with E-state index in [1.54, 1.807) is 19.3 Å². The zero-order valence-corrected chi connectivity index (χ0v) is 21.7. The Kier molecular flexibility index (Phi) is 8.82. The van der Waals surface area contributed by atoms with E-state index < -0.39 is 35.4 Å². The lowest BCUT2D eigenvalue weighted by Crippen LogP contribution is -2.42. The summed E-state index contributed by atoms with van der Waals surface area (Å²) in [6.45, 7) is 1.77. The van der Waals surface area contributed by atoms with Crippen LogP contribution in [0.1, 0.15) is 63.9 Å². The Morgan fingerprint density at radius 2 is 1.95 bits per heavy atom. The van der Waals surface area contributed by atoms with Gasteiger partial charge in [-0.3, -0.25) is 14.5 Å². The first kappa shape index (κ1) is 27.5. The van der Waals surface area contributed by atoms with Crippen LogP contribution in [0.15, 0.2) is 34.9 Å². The normalized spacial score (nSPS) is 26.1. The molecular formula is C29H38FNO6. The zero-order valence-electron chi connectivity index (χ0n) is 21.7. The molecular weight excluding hydrogens is 477 g/mol. The van der Waals surface area contributed by atoms with E-state index in [0.29, 0.717) is 30.4 Å². The lowest BCUT2D eigenvalue weighted by Gasteiger charge is -2.36. The van der Waals surface area contributed by atoms with Gasteiger partial charge in [-0.05, 0) is 67.9 Å². The minimum atomic E-state index is -0.921. The molecule has 0 bridgehead atoms. The third-order valence-corrected chi connectivity index (χ3v) is 8.23. The lowest BCUT2D eigenvalue weighted by atomic mass is 9.68. The van der Waals surface area contributed by atoms with Gasteiger partial charge in [0.15, 0.2) is 11.6 Å². The van der Waals surface area contributed by atoms with Crippen LogP contribution in [0.3, 0.4) is 0 Å². The number of aliphatic hydroxyl groups is 2. The molecule has 2 fully saturated rings. The quantitative estimate of drug-likeness (QED) is 0.339. The number of rotatable bonds is 9. The number of carbonyl (C=O) groups excluding carboxylic acids is 2. The molecule has 0 aromatic heterocycles. The van der Waals surface area contributed by atoms with Crippen LogP contribution < -0.4 is 0 Å². The standard InChI is InChI=1S/C29H38FNO6/c1-17(12-18-9-11-24(33)23(30)13-18)8-10-25(34)26-19(16-37-2)14-21-27(22(26)15-32)29(36)31(28(21)35)20-6-4-3-5-7-20/h9,11-13,20-22,25,27,32-34H,3-8,10,14-16H2,1-2H3/b17-12+/t21-,22+,25-,27-/m1/s1. The highest BCUT2D eigenvalue weighted by atomic mass is 19.1. The van der Waals surface area contributed by atoms with E-state index >= 15 is 0 Å². The van der Waals surface area contributed by atoms with Gasteiger partial charge < -0.3 is 20.1 Å². The molecule has 3 aliphatic rings. The maximum absolute atomic E-state index is 13.7. The Morgan fingerprint density at radius 3 is 2.59 bits per heavy atom. The van der Waals surface area contributed by atoms with Crippen LogP contribution in [0.5, 0.6) is 5.75 Å². The molecule has 1 aliphatic heterocycles. The minimum absolute atomic E-state index is 0.0736. The predicted octanol–water partition coefficient (Wildman–Crippen LogP) is 3.96. The van der Waals surface area contributed by atoms with Crippen LogP contribution in [-0.2, 0) is 14.3 Å². The summed E-state index contributed by atoms with van der Waals surface area (Å²) < 4.78 is 19.1. The van der Waals surface area contributed by atoms with Crippen LogP contribution in [0.4, 0.5) is 4.39 Å². The first-order valence-electron chi connectivity index (χ1n) is 13.3. The number of imide groups is 1. The number of likely N-dealkylation sites (tertiary alicyclic amines) is 1. The van der Waals surface area contributed by atoms with Crippen molar-refractivity contribution in [3.63, 3.8) is 0 Å². The summed E-state index contributed by atoms with van der Waals surface area (Å²) in [7, 11) is 1.55. The van der Waals surface area contributed by atoms with Crippen LogP contribution in [-0.4, -0.2) is 64.5 Å². The van der Waals surface area contributed by atoms with Gasteiger partial charge in [-0.1, -0.05) is 37.0 Å². The summed E-state index contributed by atoms with van der Waals surface area (Å²) in [5.41, 5.74) is 2.90. The third-order valence-electron chi connectivity index (χ3n) is 8.23. The van der Waals surface area contributed by atoms with Crippen molar-refractivity contribution in [2.75, 3.05) is 20.3 Å². The smallest absolute Gasteiger partial charge is 0.234 e. The van der Waals surface area contributed by atoms with Crippen molar-refractivity contribution in [2.45, 2.75) is 70.4 Å². The Labute approximate surface area is 217 Å². The van der Waals surface area contributed by atoms with Gasteiger partial charge in [0.1, 0.15) is 0 Å². The van der Waals surface area contributed by atoms with Crippen molar-refractivity contribution < 1.29 is 34.0 Å². The van der Waals surface area contributed by atoms with Crippen LogP contribution in [0.2, 0.25) is 0 Å². The number of halogens is 1. The molecule has 1 saturated carbocycles. The molecule has 0 spiro atoms. The maximum Gasteiger partial charge on any atom is 0.234 e. The van der Waals surface area contributed by atoms with Crippen LogP contribution in [0.25, 0.3) is 6.08 Å². The van der Waals surface area contributed by atoms with E-state index in [9.17, 15) is 29.3 Å². The van der Waals surface area contributed by atoms with Crippen LogP contribution in [0, 0.1) is 23.6 Å². The van der Waals surface area contributed by atoms with Crippen LogP contribution >= 0.6 is 0 Å². The predicted molar refractivity (Wildman–Crippen MR) is 137 cm³/mol. The number of fused-ring (bicyclic) bond motifs is 1. The number of aliphatic hydroxyl groups excluding tert-OH is 2. The fraction of sp³-hybridized carbons (Fsp3) is 0.586. The Balaban J connectivity index is 1.54. The molecule has 2 amide bonds. The largest absolute Gasteiger partial charge is 0.505 e. The number of ether oxygens (including phenoxy) is 1. The number of aromatic hydroxyl groups is 1. The topological polar surface area (TPSA) is 107 Å². The number of hydrogen-bond donors (Lipinski definition) is 3. The molecule has 1 heterocycles. The van der Waals surface area contributed by atoms with Gasteiger partial charge in [-0.2, -0.15) is 0 Å². The van der Waals surface area contributed by atoms with Gasteiger partial charge in [0, 0.05) is 19.1 Å². The number of amides is 2. The van der Waals surface area contributed by atoms with Crippen molar-refractivity contribution in [1.29, 1.82) is 0 Å². The number of carbonyl (C=O) groups is 2. The average molecular weight is 516 g/mol. The molecule has 0 unspecified atom stereocenters. The van der Waals surface area contributed by atoms with Crippen molar-refractivity contribution in [3.05, 3.63) is 46.3 Å². The SMILES string of the molecule is COCC1=C([C@H](O)CC/C(C)=C/c2ccc(O)c(F)c2)[C@H](CO)[C@@H]2C(=O)N(C3CCCCC3)C(=O)[C@@H]2C1. The van der Waals surface area contributed by atoms with Gasteiger partial charge in [-0.15, -0.1) is 0 Å². The zero-order chi connectivity index (χ0) is 26.7. The number of hydrogen-bond acceptors (Lipinski definition) is 6. The number of phenols is 1. The summed E-state index contributed by atoms with van der Waals surface area (Å²) in [6, 6.07) is 4.08. The van der Waals surface area contributed by atoms with Gasteiger partial charge in [0.25, 0.3) is 0 Å². The second-order valence-electron chi connectivity index (χ2n) is 10.7. The van der Waals surface area contributed by atoms with Crippen molar-refractivity contribution >= 4 is 17.9 Å². The van der Waals surface area contributed by atoms with E-state index in [2.05, 4.69) is 0 Å². The monoisotopic (exact) mass is 515 g/mol. The summed E-state index contributed by atoms with van der Waals surface area (Å²) in [5.74, 6) is -3.30. The first-order valence-corrected chi connectivity index (χ1v) is 13.3. The molecule has 4 atom stereocenters. The van der Waals surface area contributed by atoms with E-state index in [0.717, 1.165) is 43.3 Å². The first-order chi connectivity index (χ1) is 17.8. The van der Waals surface area contributed by atoms with E-state index in [1.165, 1.54) is 17.0 Å². The second-order valence-corrected chi connectivity index (χ2v) is 10.7. The number of phenolic OH excluding ortho intramolecular Hbond substituents is 1. The Morgan fingerprint density at radius 1 is 1.22 bits per heavy atom. The van der Waals surface area contributed by atoms with Gasteiger partial charge >= 0.3 is 0 Å². The Hall–Kier alpha value is -2.55. The van der Waals surface area contributed by atoms with Crippen molar-refractivity contribution in [1.82, 2.24) is 4.90 Å².